The van der Waals surface area contributed by atoms with Gasteiger partial charge in [0.2, 0.25) is 0 Å². The predicted molar refractivity (Wildman–Crippen MR) is 109 cm³/mol. The lowest BCUT2D eigenvalue weighted by Gasteiger charge is -2.15. The molecule has 1 N–H and O–H groups in total. The summed E-state index contributed by atoms with van der Waals surface area (Å²) in [7, 11) is 0. The summed E-state index contributed by atoms with van der Waals surface area (Å²) in [6.07, 6.45) is 8.36. The third-order valence-electron chi connectivity index (χ3n) is 5.71. The molecule has 1 aromatic carbocycles. The zero-order valence-corrected chi connectivity index (χ0v) is 16.3. The van der Waals surface area contributed by atoms with Crippen LogP contribution in [-0.4, -0.2) is 38.0 Å². The quantitative estimate of drug-likeness (QED) is 0.633. The van der Waals surface area contributed by atoms with Crippen molar-refractivity contribution in [2.75, 3.05) is 11.9 Å². The molecule has 2 fully saturated rings. The highest BCUT2D eigenvalue weighted by Gasteiger charge is 2.30. The van der Waals surface area contributed by atoms with Crippen LogP contribution in [0.25, 0.3) is 11.2 Å². The Balaban J connectivity index is 1.23. The SMILES string of the molecule is O=C(Cc1ccccc1)C[C@@H]1CC[C@H](n2cnc3c(NCC4CC4)ncnc32)O1. The Morgan fingerprint density at radius 1 is 1.10 bits per heavy atom. The van der Waals surface area contributed by atoms with Gasteiger partial charge in [-0.25, -0.2) is 15.0 Å². The van der Waals surface area contributed by atoms with Crippen molar-refractivity contribution in [1.82, 2.24) is 19.5 Å². The third kappa shape index (κ3) is 4.15. The fourth-order valence-electron chi connectivity index (χ4n) is 3.95. The van der Waals surface area contributed by atoms with Crippen LogP contribution in [0.2, 0.25) is 0 Å². The van der Waals surface area contributed by atoms with Crippen molar-refractivity contribution in [3.05, 3.63) is 48.5 Å². The van der Waals surface area contributed by atoms with Crippen LogP contribution in [0, 0.1) is 5.92 Å². The van der Waals surface area contributed by atoms with Crippen LogP contribution in [0.1, 0.15) is 43.9 Å². The number of ether oxygens (including phenoxy) is 1. The van der Waals surface area contributed by atoms with Crippen molar-refractivity contribution >= 4 is 22.8 Å². The van der Waals surface area contributed by atoms with Crippen molar-refractivity contribution in [1.29, 1.82) is 0 Å². The second-order valence-electron chi connectivity index (χ2n) is 8.07. The highest BCUT2D eigenvalue weighted by atomic mass is 16.5. The number of carbonyl (C=O) groups is 1. The van der Waals surface area contributed by atoms with Gasteiger partial charge >= 0.3 is 0 Å². The molecule has 7 heteroatoms. The number of carbonyl (C=O) groups excluding carboxylic acids is 1. The van der Waals surface area contributed by atoms with Gasteiger partial charge in [0.25, 0.3) is 0 Å². The van der Waals surface area contributed by atoms with Gasteiger partial charge in [0, 0.05) is 19.4 Å². The second kappa shape index (κ2) is 7.91. The number of ketones is 1. The zero-order chi connectivity index (χ0) is 19.6. The van der Waals surface area contributed by atoms with Crippen molar-refractivity contribution in [3.8, 4) is 0 Å². The minimum absolute atomic E-state index is 0.0528. The van der Waals surface area contributed by atoms with Crippen molar-refractivity contribution < 1.29 is 9.53 Å². The lowest BCUT2D eigenvalue weighted by Crippen LogP contribution is -2.16. The monoisotopic (exact) mass is 391 g/mol. The number of nitrogens with one attached hydrogen (secondary N) is 1. The molecule has 0 bridgehead atoms. The van der Waals surface area contributed by atoms with Gasteiger partial charge < -0.3 is 10.1 Å². The molecule has 1 aliphatic carbocycles. The van der Waals surface area contributed by atoms with E-state index in [1.165, 1.54) is 12.8 Å². The minimum atomic E-state index is -0.138. The fourth-order valence-corrected chi connectivity index (χ4v) is 3.95. The average Bonchev–Trinajstić information content (AvgIpc) is 3.28. The van der Waals surface area contributed by atoms with Gasteiger partial charge in [0.05, 0.1) is 12.4 Å². The standard InChI is InChI=1S/C22H25N5O2/c28-17(10-15-4-2-1-3-5-15)11-18-8-9-19(29-18)27-14-26-20-21(23-12-16-6-7-16)24-13-25-22(20)27/h1-5,13-14,16,18-19H,6-12H2,(H,23,24,25)/t18-,19+/m0/s1. The van der Waals surface area contributed by atoms with Crippen LogP contribution in [0.5, 0.6) is 0 Å². The van der Waals surface area contributed by atoms with Gasteiger partial charge in [-0.2, -0.15) is 0 Å². The van der Waals surface area contributed by atoms with Gasteiger partial charge in [-0.15, -0.1) is 0 Å². The number of hydrogen-bond donors (Lipinski definition) is 1. The highest BCUT2D eigenvalue weighted by molar-refractivity contribution is 5.83. The first-order chi connectivity index (χ1) is 14.3. The molecule has 2 aliphatic rings. The lowest BCUT2D eigenvalue weighted by atomic mass is 10.0. The Bertz CT molecular complexity index is 999. The van der Waals surface area contributed by atoms with Gasteiger partial charge in [0.15, 0.2) is 17.0 Å². The van der Waals surface area contributed by atoms with E-state index in [2.05, 4.69) is 20.3 Å². The molecular formula is C22H25N5O2. The van der Waals surface area contributed by atoms with E-state index in [0.29, 0.717) is 12.8 Å². The van der Waals surface area contributed by atoms with E-state index in [1.54, 1.807) is 12.7 Å². The largest absolute Gasteiger partial charge is 0.368 e. The summed E-state index contributed by atoms with van der Waals surface area (Å²) in [5, 5.41) is 3.40. The Morgan fingerprint density at radius 2 is 1.97 bits per heavy atom. The van der Waals surface area contributed by atoms with E-state index in [9.17, 15) is 4.79 Å². The molecule has 29 heavy (non-hydrogen) atoms. The van der Waals surface area contributed by atoms with Crippen LogP contribution >= 0.6 is 0 Å². The number of anilines is 1. The molecule has 5 rings (SSSR count). The fraction of sp³-hybridized carbons (Fsp3) is 0.455. The van der Waals surface area contributed by atoms with Gasteiger partial charge in [-0.3, -0.25) is 9.36 Å². The number of Topliss-reactive ketones (excluding diaryl/α,β-unsaturated/α-hetero) is 1. The molecule has 3 heterocycles. The van der Waals surface area contributed by atoms with Crippen LogP contribution in [-0.2, 0) is 16.0 Å². The molecule has 0 unspecified atom stereocenters. The van der Waals surface area contributed by atoms with E-state index < -0.39 is 0 Å². The van der Waals surface area contributed by atoms with Crippen LogP contribution < -0.4 is 5.32 Å². The Kier molecular flexibility index (Phi) is 4.97. The minimum Gasteiger partial charge on any atom is -0.368 e. The van der Waals surface area contributed by atoms with Crippen LogP contribution in [0.4, 0.5) is 5.82 Å². The van der Waals surface area contributed by atoms with E-state index >= 15 is 0 Å². The normalized spacial score (nSPS) is 21.5. The summed E-state index contributed by atoms with van der Waals surface area (Å²) in [5.74, 6) is 1.76. The first-order valence-electron chi connectivity index (χ1n) is 10.4. The summed E-state index contributed by atoms with van der Waals surface area (Å²) >= 11 is 0. The van der Waals surface area contributed by atoms with Gasteiger partial charge in [-0.1, -0.05) is 30.3 Å². The molecule has 150 valence electrons. The Labute approximate surface area is 169 Å². The molecule has 3 aromatic rings. The molecule has 0 radical (unpaired) electrons. The third-order valence-corrected chi connectivity index (χ3v) is 5.71. The van der Waals surface area contributed by atoms with Crippen molar-refractivity contribution in [2.45, 2.75) is 50.9 Å². The highest BCUT2D eigenvalue weighted by Crippen LogP contribution is 2.33. The first-order valence-corrected chi connectivity index (χ1v) is 10.4. The molecule has 2 atom stereocenters. The molecule has 1 saturated carbocycles. The second-order valence-corrected chi connectivity index (χ2v) is 8.07. The number of fused-ring (bicyclic) bond motifs is 1. The topological polar surface area (TPSA) is 81.9 Å². The first kappa shape index (κ1) is 18.2. The molecular weight excluding hydrogens is 366 g/mol. The smallest absolute Gasteiger partial charge is 0.167 e. The van der Waals surface area contributed by atoms with E-state index in [0.717, 1.165) is 47.8 Å². The number of rotatable bonds is 8. The zero-order valence-electron chi connectivity index (χ0n) is 16.3. The molecule has 7 nitrogen and oxygen atoms in total. The van der Waals surface area contributed by atoms with Gasteiger partial charge in [-0.05, 0) is 37.2 Å². The maximum absolute atomic E-state index is 12.4. The number of imidazole rings is 1. The van der Waals surface area contributed by atoms with Crippen molar-refractivity contribution in [3.63, 3.8) is 0 Å². The maximum atomic E-state index is 12.4. The number of benzene rings is 1. The molecule has 2 aromatic heterocycles. The van der Waals surface area contributed by atoms with E-state index in [4.69, 9.17) is 4.74 Å². The Morgan fingerprint density at radius 3 is 2.79 bits per heavy atom. The summed E-state index contributed by atoms with van der Waals surface area (Å²) in [4.78, 5) is 25.7. The van der Waals surface area contributed by atoms with Crippen molar-refractivity contribution in [2.24, 2.45) is 5.92 Å². The molecule has 0 spiro atoms. The summed E-state index contributed by atoms with van der Waals surface area (Å²) in [6.45, 7) is 0.935. The molecule has 0 amide bonds. The van der Waals surface area contributed by atoms with Crippen LogP contribution in [0.3, 0.4) is 0 Å². The lowest BCUT2D eigenvalue weighted by molar-refractivity contribution is -0.121. The average molecular weight is 391 g/mol. The summed E-state index contributed by atoms with van der Waals surface area (Å²) in [6, 6.07) is 9.87. The number of nitrogens with zero attached hydrogens (tertiary/aromatic N) is 4. The predicted octanol–water partition coefficient (Wildman–Crippen LogP) is 3.53. The molecule has 1 aliphatic heterocycles. The Hall–Kier alpha value is -2.80. The van der Waals surface area contributed by atoms with E-state index in [1.807, 2.05) is 34.9 Å². The van der Waals surface area contributed by atoms with Crippen LogP contribution in [0.15, 0.2) is 43.0 Å². The van der Waals surface area contributed by atoms with Gasteiger partial charge in [0.1, 0.15) is 18.3 Å². The summed E-state index contributed by atoms with van der Waals surface area (Å²) in [5.41, 5.74) is 2.61. The maximum Gasteiger partial charge on any atom is 0.167 e. The summed E-state index contributed by atoms with van der Waals surface area (Å²) < 4.78 is 8.16. The number of aromatic nitrogens is 4. The van der Waals surface area contributed by atoms with E-state index in [-0.39, 0.29) is 18.1 Å². The number of hydrogen-bond acceptors (Lipinski definition) is 6. The molecule has 1 saturated heterocycles.